The van der Waals surface area contributed by atoms with E-state index in [0.29, 0.717) is 0 Å². The lowest BCUT2D eigenvalue weighted by Gasteiger charge is -2.42. The molecule has 1 aliphatic rings. The van der Waals surface area contributed by atoms with Gasteiger partial charge in [-0.3, -0.25) is 14.5 Å². The summed E-state index contributed by atoms with van der Waals surface area (Å²) >= 11 is 0. The Bertz CT molecular complexity index is 353. The molecule has 0 aliphatic carbocycles. The Morgan fingerprint density at radius 3 is 2.05 bits per heavy atom. The molecule has 0 aromatic carbocycles. The first-order valence-electron chi connectivity index (χ1n) is 7.41. The number of aliphatic carboxylic acids is 1. The molecule has 0 saturated carbocycles. The van der Waals surface area contributed by atoms with Crippen LogP contribution in [0.25, 0.3) is 0 Å². The second-order valence-electron chi connectivity index (χ2n) is 6.85. The molecule has 1 fully saturated rings. The average Bonchev–Trinajstić information content (AvgIpc) is 2.25. The van der Waals surface area contributed by atoms with E-state index in [1.165, 1.54) is 0 Å². The van der Waals surface area contributed by atoms with Crippen molar-refractivity contribution in [3.05, 3.63) is 0 Å². The summed E-state index contributed by atoms with van der Waals surface area (Å²) in [4.78, 5) is 27.2. The lowest BCUT2D eigenvalue weighted by Crippen LogP contribution is -2.54. The minimum atomic E-state index is -0.896. The standard InChI is InChI=1S/C15H28N2O3/c1-11-7-6-8-12(2)17(11)13(18)9-16(10-14(19)20)15(3,4)5/h11-12H,6-10H2,1-5H3,(H,19,20). The molecule has 1 rings (SSSR count). The third kappa shape index (κ3) is 4.47. The van der Waals surface area contributed by atoms with Crippen LogP contribution < -0.4 is 0 Å². The Balaban J connectivity index is 2.76. The first kappa shape index (κ1) is 17.0. The molecule has 0 spiro atoms. The van der Waals surface area contributed by atoms with Gasteiger partial charge in [-0.2, -0.15) is 0 Å². The van der Waals surface area contributed by atoms with E-state index in [1.807, 2.05) is 25.7 Å². The van der Waals surface area contributed by atoms with Crippen LogP contribution in [-0.4, -0.2) is 57.5 Å². The van der Waals surface area contributed by atoms with Gasteiger partial charge in [0.1, 0.15) is 0 Å². The normalized spacial score (nSPS) is 24.0. The van der Waals surface area contributed by atoms with Gasteiger partial charge in [-0.25, -0.2) is 0 Å². The number of likely N-dealkylation sites (tertiary alicyclic amines) is 1. The highest BCUT2D eigenvalue weighted by Gasteiger charge is 2.32. The number of nitrogens with zero attached hydrogens (tertiary/aromatic N) is 2. The van der Waals surface area contributed by atoms with Gasteiger partial charge in [0.15, 0.2) is 0 Å². The predicted molar refractivity (Wildman–Crippen MR) is 78.6 cm³/mol. The quantitative estimate of drug-likeness (QED) is 0.857. The zero-order chi connectivity index (χ0) is 15.5. The Hall–Kier alpha value is -1.10. The van der Waals surface area contributed by atoms with Gasteiger partial charge < -0.3 is 10.0 Å². The van der Waals surface area contributed by atoms with Crippen LogP contribution >= 0.6 is 0 Å². The van der Waals surface area contributed by atoms with Gasteiger partial charge in [-0.1, -0.05) is 0 Å². The zero-order valence-corrected chi connectivity index (χ0v) is 13.3. The Morgan fingerprint density at radius 1 is 1.15 bits per heavy atom. The number of rotatable bonds is 4. The smallest absolute Gasteiger partial charge is 0.317 e. The molecule has 116 valence electrons. The van der Waals surface area contributed by atoms with E-state index in [4.69, 9.17) is 5.11 Å². The number of hydrogen-bond donors (Lipinski definition) is 1. The maximum absolute atomic E-state index is 12.5. The zero-order valence-electron chi connectivity index (χ0n) is 13.3. The largest absolute Gasteiger partial charge is 0.480 e. The monoisotopic (exact) mass is 284 g/mol. The fourth-order valence-electron chi connectivity index (χ4n) is 2.85. The highest BCUT2D eigenvalue weighted by Crippen LogP contribution is 2.23. The van der Waals surface area contributed by atoms with Gasteiger partial charge in [0, 0.05) is 17.6 Å². The number of carbonyl (C=O) groups is 2. The highest BCUT2D eigenvalue weighted by atomic mass is 16.4. The number of carboxylic acids is 1. The molecule has 5 nitrogen and oxygen atoms in total. The molecular formula is C15H28N2O3. The van der Waals surface area contributed by atoms with Gasteiger partial charge in [0.2, 0.25) is 5.91 Å². The summed E-state index contributed by atoms with van der Waals surface area (Å²) in [7, 11) is 0. The summed E-state index contributed by atoms with van der Waals surface area (Å²) in [5.74, 6) is -0.853. The SMILES string of the molecule is CC1CCCC(C)N1C(=O)CN(CC(=O)O)C(C)(C)C. The lowest BCUT2D eigenvalue weighted by molar-refractivity contribution is -0.144. The van der Waals surface area contributed by atoms with Gasteiger partial charge in [-0.05, 0) is 53.9 Å². The summed E-state index contributed by atoms with van der Waals surface area (Å²) in [5, 5.41) is 9.01. The topological polar surface area (TPSA) is 60.9 Å². The van der Waals surface area contributed by atoms with Gasteiger partial charge in [-0.15, -0.1) is 0 Å². The fraction of sp³-hybridized carbons (Fsp3) is 0.867. The summed E-state index contributed by atoms with van der Waals surface area (Å²) in [6.07, 6.45) is 3.22. The molecular weight excluding hydrogens is 256 g/mol. The maximum Gasteiger partial charge on any atom is 0.317 e. The number of carboxylic acid groups (broad SMARTS) is 1. The third-order valence-electron chi connectivity index (χ3n) is 4.08. The third-order valence-corrected chi connectivity index (χ3v) is 4.08. The van der Waals surface area contributed by atoms with Crippen LogP contribution in [0.2, 0.25) is 0 Å². The van der Waals surface area contributed by atoms with Gasteiger partial charge in [0.25, 0.3) is 0 Å². The molecule has 1 aliphatic heterocycles. The number of amides is 1. The molecule has 1 saturated heterocycles. The van der Waals surface area contributed by atoms with Crippen molar-refractivity contribution < 1.29 is 14.7 Å². The average molecular weight is 284 g/mol. The second-order valence-corrected chi connectivity index (χ2v) is 6.85. The maximum atomic E-state index is 12.5. The van der Waals surface area contributed by atoms with Crippen molar-refractivity contribution in [2.45, 2.75) is 71.5 Å². The Labute approximate surface area is 121 Å². The molecule has 2 atom stereocenters. The number of carbonyl (C=O) groups excluding carboxylic acids is 1. The van der Waals surface area contributed by atoms with Crippen LogP contribution in [0, 0.1) is 0 Å². The molecule has 1 N–H and O–H groups in total. The lowest BCUT2D eigenvalue weighted by atomic mass is 9.97. The first-order valence-corrected chi connectivity index (χ1v) is 7.41. The molecule has 0 bridgehead atoms. The summed E-state index contributed by atoms with van der Waals surface area (Å²) in [6.45, 7) is 10.0. The molecule has 1 heterocycles. The van der Waals surface area contributed by atoms with E-state index in [0.717, 1.165) is 19.3 Å². The van der Waals surface area contributed by atoms with Crippen molar-refractivity contribution in [1.29, 1.82) is 0 Å². The van der Waals surface area contributed by atoms with Crippen molar-refractivity contribution in [3.63, 3.8) is 0 Å². The summed E-state index contributed by atoms with van der Waals surface area (Å²) < 4.78 is 0. The number of hydrogen-bond acceptors (Lipinski definition) is 3. The first-order chi connectivity index (χ1) is 9.12. The van der Waals surface area contributed by atoms with Crippen molar-refractivity contribution in [3.8, 4) is 0 Å². The van der Waals surface area contributed by atoms with Crippen LogP contribution in [0.15, 0.2) is 0 Å². The predicted octanol–water partition coefficient (Wildman–Crippen LogP) is 1.96. The van der Waals surface area contributed by atoms with Gasteiger partial charge in [0.05, 0.1) is 13.1 Å². The van der Waals surface area contributed by atoms with E-state index < -0.39 is 5.97 Å². The van der Waals surface area contributed by atoms with Gasteiger partial charge >= 0.3 is 5.97 Å². The van der Waals surface area contributed by atoms with E-state index in [9.17, 15) is 9.59 Å². The molecule has 1 amide bonds. The highest BCUT2D eigenvalue weighted by molar-refractivity contribution is 5.80. The van der Waals surface area contributed by atoms with Crippen LogP contribution in [0.4, 0.5) is 0 Å². The summed E-state index contributed by atoms with van der Waals surface area (Å²) in [6, 6.07) is 0.496. The van der Waals surface area contributed by atoms with Crippen LogP contribution in [0.5, 0.6) is 0 Å². The molecule has 0 radical (unpaired) electrons. The van der Waals surface area contributed by atoms with Crippen LogP contribution in [-0.2, 0) is 9.59 Å². The van der Waals surface area contributed by atoms with Crippen molar-refractivity contribution >= 4 is 11.9 Å². The Morgan fingerprint density at radius 2 is 1.65 bits per heavy atom. The van der Waals surface area contributed by atoms with Crippen molar-refractivity contribution in [2.75, 3.05) is 13.1 Å². The second kappa shape index (κ2) is 6.57. The number of piperidine rings is 1. The van der Waals surface area contributed by atoms with E-state index in [2.05, 4.69) is 13.8 Å². The molecule has 0 aromatic rings. The molecule has 2 unspecified atom stereocenters. The fourth-order valence-corrected chi connectivity index (χ4v) is 2.85. The summed E-state index contributed by atoms with van der Waals surface area (Å²) in [5.41, 5.74) is -0.337. The van der Waals surface area contributed by atoms with Crippen molar-refractivity contribution in [2.24, 2.45) is 0 Å². The minimum absolute atomic E-state index is 0.0425. The van der Waals surface area contributed by atoms with Crippen molar-refractivity contribution in [1.82, 2.24) is 9.80 Å². The van der Waals surface area contributed by atoms with Crippen LogP contribution in [0.1, 0.15) is 53.9 Å². The molecule has 5 heteroatoms. The Kier molecular flexibility index (Phi) is 5.57. The van der Waals surface area contributed by atoms with E-state index in [1.54, 1.807) is 4.90 Å². The van der Waals surface area contributed by atoms with Crippen LogP contribution in [0.3, 0.4) is 0 Å². The molecule has 20 heavy (non-hydrogen) atoms. The molecule has 0 aromatic heterocycles. The van der Waals surface area contributed by atoms with E-state index in [-0.39, 0.29) is 36.6 Å². The minimum Gasteiger partial charge on any atom is -0.480 e. The van der Waals surface area contributed by atoms with E-state index >= 15 is 0 Å².